The van der Waals surface area contributed by atoms with Gasteiger partial charge in [-0.2, -0.15) is 0 Å². The molecule has 2 aliphatic rings. The summed E-state index contributed by atoms with van der Waals surface area (Å²) in [5, 5.41) is 0.443. The topological polar surface area (TPSA) is 60.9 Å². The number of benzene rings is 1. The number of aryl methyl sites for hydroxylation is 2. The Labute approximate surface area is 169 Å². The van der Waals surface area contributed by atoms with Crippen molar-refractivity contribution in [3.05, 3.63) is 34.5 Å². The number of hydrogen-bond donors (Lipinski definition) is 0. The van der Waals surface area contributed by atoms with Gasteiger partial charge in [-0.25, -0.2) is 9.78 Å². The summed E-state index contributed by atoms with van der Waals surface area (Å²) in [6.07, 6.45) is 2.93. The normalized spacial score (nSPS) is 16.8. The van der Waals surface area contributed by atoms with Crippen molar-refractivity contribution in [2.75, 3.05) is 46.1 Å². The SMILES string of the molecule is CCOC(=O)c1nc2c(s1)-c1cc(OCCN3CCOCC3)ccc1CCC2. The van der Waals surface area contributed by atoms with Crippen LogP contribution in [0.15, 0.2) is 18.2 Å². The molecule has 1 saturated heterocycles. The lowest BCUT2D eigenvalue weighted by atomic mass is 10.0. The highest BCUT2D eigenvalue weighted by Gasteiger charge is 2.23. The van der Waals surface area contributed by atoms with E-state index in [1.165, 1.54) is 16.9 Å². The van der Waals surface area contributed by atoms with Gasteiger partial charge < -0.3 is 14.2 Å². The molecular formula is C21H26N2O4S. The van der Waals surface area contributed by atoms with Crippen LogP contribution in [0.1, 0.15) is 34.4 Å². The maximum Gasteiger partial charge on any atom is 0.367 e. The molecule has 28 heavy (non-hydrogen) atoms. The third-order valence-electron chi connectivity index (χ3n) is 5.11. The quantitative estimate of drug-likeness (QED) is 0.692. The second-order valence-corrected chi connectivity index (χ2v) is 7.99. The lowest BCUT2D eigenvalue weighted by molar-refractivity contribution is 0.0322. The van der Waals surface area contributed by atoms with Crippen LogP contribution in [0.25, 0.3) is 10.4 Å². The van der Waals surface area contributed by atoms with Crippen molar-refractivity contribution >= 4 is 17.3 Å². The summed E-state index contributed by atoms with van der Waals surface area (Å²) in [7, 11) is 0. The van der Waals surface area contributed by atoms with Crippen molar-refractivity contribution in [1.29, 1.82) is 0 Å². The van der Waals surface area contributed by atoms with Crippen molar-refractivity contribution in [1.82, 2.24) is 9.88 Å². The molecule has 0 spiro atoms. The highest BCUT2D eigenvalue weighted by molar-refractivity contribution is 7.17. The molecule has 7 heteroatoms. The number of rotatable bonds is 6. The zero-order valence-electron chi connectivity index (χ0n) is 16.2. The van der Waals surface area contributed by atoms with Crippen molar-refractivity contribution < 1.29 is 19.0 Å². The molecule has 0 amide bonds. The first-order chi connectivity index (χ1) is 13.7. The van der Waals surface area contributed by atoms with Gasteiger partial charge in [0.15, 0.2) is 0 Å². The Morgan fingerprint density at radius 1 is 1.29 bits per heavy atom. The standard InChI is InChI=1S/C21H26N2O4S/c1-2-26-21(24)20-22-18-5-3-4-15-6-7-16(14-17(15)19(18)28-20)27-13-10-23-8-11-25-12-9-23/h6-7,14H,2-5,8-13H2,1H3. The largest absolute Gasteiger partial charge is 0.492 e. The molecule has 0 atom stereocenters. The van der Waals surface area contributed by atoms with Gasteiger partial charge in [0.05, 0.1) is 30.4 Å². The minimum atomic E-state index is -0.333. The Morgan fingerprint density at radius 3 is 2.96 bits per heavy atom. The first kappa shape index (κ1) is 19.4. The molecule has 1 aromatic carbocycles. The van der Waals surface area contributed by atoms with E-state index in [2.05, 4.69) is 28.1 Å². The van der Waals surface area contributed by atoms with Crippen LogP contribution in [0.3, 0.4) is 0 Å². The van der Waals surface area contributed by atoms with E-state index in [1.807, 2.05) is 6.92 Å². The third kappa shape index (κ3) is 4.37. The molecule has 150 valence electrons. The van der Waals surface area contributed by atoms with Gasteiger partial charge >= 0.3 is 5.97 Å². The van der Waals surface area contributed by atoms with Gasteiger partial charge in [-0.15, -0.1) is 11.3 Å². The molecule has 1 aliphatic heterocycles. The number of carbonyl (C=O) groups is 1. The monoisotopic (exact) mass is 402 g/mol. The molecular weight excluding hydrogens is 376 g/mol. The number of ether oxygens (including phenoxy) is 3. The molecule has 2 aromatic rings. The Hall–Kier alpha value is -1.96. The average molecular weight is 403 g/mol. The summed E-state index contributed by atoms with van der Waals surface area (Å²) >= 11 is 1.43. The number of carbonyl (C=O) groups excluding carboxylic acids is 1. The first-order valence-electron chi connectivity index (χ1n) is 9.97. The van der Waals surface area contributed by atoms with Gasteiger partial charge in [0, 0.05) is 25.2 Å². The van der Waals surface area contributed by atoms with Crippen molar-refractivity contribution in [2.24, 2.45) is 0 Å². The number of aromatic nitrogens is 1. The van der Waals surface area contributed by atoms with Crippen LogP contribution in [-0.2, 0) is 22.3 Å². The summed E-state index contributed by atoms with van der Waals surface area (Å²) in [6.45, 7) is 7.27. The minimum Gasteiger partial charge on any atom is -0.492 e. The molecule has 1 aliphatic carbocycles. The number of hydrogen-bond acceptors (Lipinski definition) is 7. The summed E-state index contributed by atoms with van der Waals surface area (Å²) < 4.78 is 16.5. The maximum absolute atomic E-state index is 12.1. The van der Waals surface area contributed by atoms with Gasteiger partial charge in [0.2, 0.25) is 5.01 Å². The molecule has 4 rings (SSSR count). The first-order valence-corrected chi connectivity index (χ1v) is 10.8. The fourth-order valence-corrected chi connectivity index (χ4v) is 4.71. The van der Waals surface area contributed by atoms with E-state index < -0.39 is 0 Å². The molecule has 0 N–H and O–H groups in total. The van der Waals surface area contributed by atoms with Crippen LogP contribution in [0.4, 0.5) is 0 Å². The lowest BCUT2D eigenvalue weighted by Gasteiger charge is -2.26. The molecule has 1 aromatic heterocycles. The van der Waals surface area contributed by atoms with E-state index in [4.69, 9.17) is 14.2 Å². The fraction of sp³-hybridized carbons (Fsp3) is 0.524. The Kier molecular flexibility index (Phi) is 6.24. The number of nitrogens with zero attached hydrogens (tertiary/aromatic N) is 2. The van der Waals surface area contributed by atoms with Crippen molar-refractivity contribution in [3.63, 3.8) is 0 Å². The molecule has 0 unspecified atom stereocenters. The van der Waals surface area contributed by atoms with Crippen LogP contribution in [0.2, 0.25) is 0 Å². The second-order valence-electron chi connectivity index (χ2n) is 6.99. The Balaban J connectivity index is 1.50. The van der Waals surface area contributed by atoms with E-state index in [0.717, 1.165) is 74.0 Å². The fourth-order valence-electron chi connectivity index (χ4n) is 3.65. The second kappa shape index (κ2) is 9.03. The van der Waals surface area contributed by atoms with Gasteiger partial charge in [-0.3, -0.25) is 4.90 Å². The minimum absolute atomic E-state index is 0.333. The molecule has 6 nitrogen and oxygen atoms in total. The third-order valence-corrected chi connectivity index (χ3v) is 6.22. The molecule has 0 saturated carbocycles. The van der Waals surface area contributed by atoms with E-state index >= 15 is 0 Å². The van der Waals surface area contributed by atoms with E-state index in [1.54, 1.807) is 0 Å². The number of morpholine rings is 1. The highest BCUT2D eigenvalue weighted by Crippen LogP contribution is 2.38. The van der Waals surface area contributed by atoms with Crippen LogP contribution in [-0.4, -0.2) is 61.9 Å². The lowest BCUT2D eigenvalue weighted by Crippen LogP contribution is -2.38. The van der Waals surface area contributed by atoms with Crippen LogP contribution in [0, 0.1) is 0 Å². The number of esters is 1. The summed E-state index contributed by atoms with van der Waals surface area (Å²) in [5.74, 6) is 0.533. The summed E-state index contributed by atoms with van der Waals surface area (Å²) in [6, 6.07) is 6.31. The van der Waals surface area contributed by atoms with Crippen LogP contribution < -0.4 is 4.74 Å². The zero-order chi connectivity index (χ0) is 19.3. The van der Waals surface area contributed by atoms with E-state index in [9.17, 15) is 4.79 Å². The number of fused-ring (bicyclic) bond motifs is 3. The molecule has 0 radical (unpaired) electrons. The Bertz CT molecular complexity index is 830. The van der Waals surface area contributed by atoms with Gasteiger partial charge in [0.1, 0.15) is 12.4 Å². The zero-order valence-corrected chi connectivity index (χ0v) is 17.1. The maximum atomic E-state index is 12.1. The molecule has 1 fully saturated rings. The van der Waals surface area contributed by atoms with Crippen LogP contribution >= 0.6 is 11.3 Å². The van der Waals surface area contributed by atoms with Crippen molar-refractivity contribution in [2.45, 2.75) is 26.2 Å². The van der Waals surface area contributed by atoms with Gasteiger partial charge in [0.25, 0.3) is 0 Å². The highest BCUT2D eigenvalue weighted by atomic mass is 32.1. The van der Waals surface area contributed by atoms with Crippen molar-refractivity contribution in [3.8, 4) is 16.2 Å². The van der Waals surface area contributed by atoms with E-state index in [-0.39, 0.29) is 5.97 Å². The summed E-state index contributed by atoms with van der Waals surface area (Å²) in [4.78, 5) is 20.1. The Morgan fingerprint density at radius 2 is 2.14 bits per heavy atom. The predicted molar refractivity (Wildman–Crippen MR) is 108 cm³/mol. The summed E-state index contributed by atoms with van der Waals surface area (Å²) in [5.41, 5.74) is 3.43. The number of thiazole rings is 1. The van der Waals surface area contributed by atoms with Gasteiger partial charge in [-0.05, 0) is 43.9 Å². The average Bonchev–Trinajstić information content (AvgIpc) is 3.07. The van der Waals surface area contributed by atoms with E-state index in [0.29, 0.717) is 18.2 Å². The smallest absolute Gasteiger partial charge is 0.367 e. The van der Waals surface area contributed by atoms with Gasteiger partial charge in [-0.1, -0.05) is 6.07 Å². The molecule has 2 heterocycles. The van der Waals surface area contributed by atoms with Crippen LogP contribution in [0.5, 0.6) is 5.75 Å². The molecule has 0 bridgehead atoms. The predicted octanol–water partition coefficient (Wildman–Crippen LogP) is 3.19.